The summed E-state index contributed by atoms with van der Waals surface area (Å²) in [6, 6.07) is 38.0. The molecule has 0 aliphatic rings. The van der Waals surface area contributed by atoms with E-state index in [4.69, 9.17) is 11.3 Å². The van der Waals surface area contributed by atoms with Gasteiger partial charge in [-0.25, -0.2) is 0 Å². The molecular weight excluding hydrogens is 757 g/mol. The van der Waals surface area contributed by atoms with Crippen molar-refractivity contribution in [3.63, 3.8) is 0 Å². The van der Waals surface area contributed by atoms with Crippen LogP contribution < -0.4 is 5.19 Å². The van der Waals surface area contributed by atoms with Gasteiger partial charge in [-0.15, -0.1) is 59.6 Å². The fourth-order valence-corrected chi connectivity index (χ4v) is 6.23. The molecule has 0 atom stereocenters. The number of aryl methyl sites for hydroxylation is 1. The molecule has 7 aromatic rings. The fourth-order valence-electron chi connectivity index (χ4n) is 5.19. The topological polar surface area (TPSA) is 38.9 Å². The first-order chi connectivity index (χ1) is 23.6. The third kappa shape index (κ3) is 7.29. The van der Waals surface area contributed by atoms with Crippen LogP contribution in [0.5, 0.6) is 0 Å². The van der Waals surface area contributed by atoms with Crippen molar-refractivity contribution in [3.8, 4) is 33.6 Å². The molecule has 0 amide bonds. The molecule has 3 heterocycles. The van der Waals surface area contributed by atoms with E-state index in [0.717, 1.165) is 49.9 Å². The van der Waals surface area contributed by atoms with Gasteiger partial charge in [0.1, 0.15) is 5.58 Å². The zero-order chi connectivity index (χ0) is 35.8. The Labute approximate surface area is 294 Å². The van der Waals surface area contributed by atoms with Gasteiger partial charge >= 0.3 is 0 Å². The van der Waals surface area contributed by atoms with E-state index in [2.05, 4.69) is 72.1 Å². The van der Waals surface area contributed by atoms with E-state index in [0.29, 0.717) is 17.3 Å². The Hall–Kier alpha value is -4.15. The van der Waals surface area contributed by atoms with Crippen molar-refractivity contribution in [1.82, 2.24) is 9.97 Å². The van der Waals surface area contributed by atoms with Crippen molar-refractivity contribution in [3.05, 3.63) is 139 Å². The summed E-state index contributed by atoms with van der Waals surface area (Å²) in [6.07, 6.45) is 3.33. The molecule has 0 saturated heterocycles. The second-order valence-electron chi connectivity index (χ2n) is 12.3. The first-order valence-corrected chi connectivity index (χ1v) is 18.5. The van der Waals surface area contributed by atoms with Gasteiger partial charge in [0.05, 0.1) is 13.7 Å². The molecule has 0 fully saturated rings. The predicted octanol–water partition coefficient (Wildman–Crippen LogP) is 10.6. The number of benzene rings is 4. The Kier molecular flexibility index (Phi) is 8.27. The van der Waals surface area contributed by atoms with Crippen LogP contribution in [-0.4, -0.2) is 18.0 Å². The molecule has 0 unspecified atom stereocenters. The standard InChI is InChI=1S/C27H22NO.C14H16NSi.Ir/c1-17(2)23-15-25(28-16-18(23)3)21-10-12-26-24(13-21)22-11-9-20(14-27(22)29-26)19-7-5-4-6-8-19;1-16(2,3)13-9-10-14(15-11-13)12-7-5-4-6-8-12;/h4-9,11-17H,1-3H3;4-7,9-11H,1-3H3;/q2*-1;/i3D3,17D;5D;. The van der Waals surface area contributed by atoms with E-state index in [-0.39, 0.29) is 25.7 Å². The van der Waals surface area contributed by atoms with E-state index in [1.165, 1.54) is 11.4 Å². The molecule has 0 bridgehead atoms. The number of nitrogens with zero attached hydrogens (tertiary/aromatic N) is 2. The molecule has 1 radical (unpaired) electrons. The average Bonchev–Trinajstić information content (AvgIpc) is 3.45. The van der Waals surface area contributed by atoms with Gasteiger partial charge in [-0.1, -0.05) is 99.5 Å². The maximum atomic E-state index is 8.46. The van der Waals surface area contributed by atoms with Gasteiger partial charge in [-0.2, -0.15) is 0 Å². The normalized spacial score (nSPS) is 13.4. The molecule has 46 heavy (non-hydrogen) atoms. The van der Waals surface area contributed by atoms with Crippen LogP contribution in [0.15, 0.2) is 120 Å². The molecule has 4 aromatic carbocycles. The molecular formula is C41H38IrN2OSi-2. The van der Waals surface area contributed by atoms with E-state index in [1.807, 2.05) is 42.6 Å². The van der Waals surface area contributed by atoms with Gasteiger partial charge in [0.15, 0.2) is 0 Å². The minimum atomic E-state index is -2.33. The van der Waals surface area contributed by atoms with Crippen molar-refractivity contribution in [2.75, 3.05) is 0 Å². The summed E-state index contributed by atoms with van der Waals surface area (Å²) in [5.41, 5.74) is 7.33. The number of aromatic nitrogens is 2. The Morgan fingerprint density at radius 2 is 1.59 bits per heavy atom. The maximum Gasteiger partial charge on any atom is 0.121 e. The van der Waals surface area contributed by atoms with Gasteiger partial charge in [0.2, 0.25) is 0 Å². The Bertz CT molecular complexity index is 2290. The molecule has 0 aliphatic carbocycles. The number of hydrogen-bond acceptors (Lipinski definition) is 3. The molecule has 3 nitrogen and oxygen atoms in total. The van der Waals surface area contributed by atoms with Crippen molar-refractivity contribution in [1.29, 1.82) is 0 Å². The van der Waals surface area contributed by atoms with Crippen LogP contribution >= 0.6 is 0 Å². The second-order valence-corrected chi connectivity index (χ2v) is 17.4. The third-order valence-corrected chi connectivity index (χ3v) is 9.81. The monoisotopic (exact) mass is 800 g/mol. The molecule has 0 N–H and O–H groups in total. The van der Waals surface area contributed by atoms with Crippen LogP contribution in [0.1, 0.15) is 37.7 Å². The number of pyridine rings is 2. The predicted molar refractivity (Wildman–Crippen MR) is 192 cm³/mol. The number of furan rings is 1. The van der Waals surface area contributed by atoms with Crippen molar-refractivity contribution in [2.45, 2.75) is 46.2 Å². The minimum Gasteiger partial charge on any atom is -0.500 e. The van der Waals surface area contributed by atoms with Gasteiger partial charge in [-0.05, 0) is 57.6 Å². The fraction of sp³-hybridized carbons (Fsp3) is 0.171. The molecule has 5 heteroatoms. The van der Waals surface area contributed by atoms with E-state index in [1.54, 1.807) is 44.2 Å². The molecule has 0 spiro atoms. The van der Waals surface area contributed by atoms with Crippen LogP contribution in [0, 0.1) is 19.0 Å². The number of hydrogen-bond donors (Lipinski definition) is 0. The summed E-state index contributed by atoms with van der Waals surface area (Å²) in [7, 11) is -1.28. The Balaban J connectivity index is 0.000000237. The SMILES string of the molecule is [2H]C([2H])([2H])c1cnc(-c2[c-]cc3oc4cc(-c5ccccc5)ccc4c3c2)cc1C([2H])(C)C.[2H]c1cc[c-]c(-c2ccc([Si](C)(C)C)cn2)c1.[Ir]. The van der Waals surface area contributed by atoms with Crippen LogP contribution in [0.2, 0.25) is 19.6 Å². The van der Waals surface area contributed by atoms with Gasteiger partial charge < -0.3 is 14.4 Å². The van der Waals surface area contributed by atoms with Crippen molar-refractivity contribution >= 4 is 35.2 Å². The maximum absolute atomic E-state index is 8.46. The summed E-state index contributed by atoms with van der Waals surface area (Å²) in [5, 5.41) is 3.27. The summed E-state index contributed by atoms with van der Waals surface area (Å²) in [5.74, 6) is -1.08. The van der Waals surface area contributed by atoms with E-state index < -0.39 is 20.8 Å². The second kappa shape index (κ2) is 14.1. The molecule has 233 valence electrons. The van der Waals surface area contributed by atoms with E-state index >= 15 is 0 Å². The minimum absolute atomic E-state index is 0. The summed E-state index contributed by atoms with van der Waals surface area (Å²) in [4.78, 5) is 8.89. The zero-order valence-corrected chi connectivity index (χ0v) is 29.9. The zero-order valence-electron chi connectivity index (χ0n) is 31.5. The number of fused-ring (bicyclic) bond motifs is 3. The Morgan fingerprint density at radius 3 is 2.28 bits per heavy atom. The quantitative estimate of drug-likeness (QED) is 0.129. The first-order valence-electron chi connectivity index (χ1n) is 17.5. The van der Waals surface area contributed by atoms with Gasteiger partial charge in [0, 0.05) is 44.7 Å². The van der Waals surface area contributed by atoms with Crippen LogP contribution in [0.4, 0.5) is 0 Å². The summed E-state index contributed by atoms with van der Waals surface area (Å²) < 4.78 is 45.6. The largest absolute Gasteiger partial charge is 0.500 e. The first kappa shape index (κ1) is 27.0. The molecule has 3 aromatic heterocycles. The molecule has 0 saturated carbocycles. The number of rotatable bonds is 5. The van der Waals surface area contributed by atoms with Crippen molar-refractivity contribution in [2.24, 2.45) is 0 Å². The van der Waals surface area contributed by atoms with Gasteiger partial charge in [-0.3, -0.25) is 0 Å². The third-order valence-electron chi connectivity index (χ3n) is 7.78. The summed E-state index contributed by atoms with van der Waals surface area (Å²) >= 11 is 0. The van der Waals surface area contributed by atoms with Crippen LogP contribution in [0.3, 0.4) is 0 Å². The smallest absolute Gasteiger partial charge is 0.121 e. The molecule has 0 aliphatic heterocycles. The Morgan fingerprint density at radius 1 is 0.783 bits per heavy atom. The van der Waals surface area contributed by atoms with Crippen LogP contribution in [0.25, 0.3) is 55.6 Å². The summed E-state index contributed by atoms with van der Waals surface area (Å²) in [6.45, 7) is 7.95. The van der Waals surface area contributed by atoms with Crippen molar-refractivity contribution < 1.29 is 31.4 Å². The van der Waals surface area contributed by atoms with Crippen LogP contribution in [-0.2, 0) is 20.1 Å². The molecule has 7 rings (SSSR count). The van der Waals surface area contributed by atoms with Gasteiger partial charge in [0.25, 0.3) is 0 Å². The average molecular weight is 800 g/mol. The van der Waals surface area contributed by atoms with E-state index in [9.17, 15) is 0 Å².